The van der Waals surface area contributed by atoms with Gasteiger partial charge in [-0.1, -0.05) is 30.0 Å². The van der Waals surface area contributed by atoms with E-state index >= 15 is 0 Å². The van der Waals surface area contributed by atoms with E-state index in [2.05, 4.69) is 11.0 Å². The molecule has 2 saturated heterocycles. The van der Waals surface area contributed by atoms with Crippen LogP contribution in [0.25, 0.3) is 0 Å². The molecule has 2 aliphatic heterocycles. The average Bonchev–Trinajstić information content (AvgIpc) is 3.37. The number of aryl methyl sites for hydroxylation is 2. The fourth-order valence-electron chi connectivity index (χ4n) is 5.55. The topological polar surface area (TPSA) is 78.0 Å². The summed E-state index contributed by atoms with van der Waals surface area (Å²) in [4.78, 5) is 32.1. The third kappa shape index (κ3) is 5.34. The first kappa shape index (κ1) is 23.2. The zero-order valence-corrected chi connectivity index (χ0v) is 20.1. The van der Waals surface area contributed by atoms with E-state index in [4.69, 9.17) is 0 Å². The van der Waals surface area contributed by atoms with Gasteiger partial charge >= 0.3 is 0 Å². The van der Waals surface area contributed by atoms with E-state index in [9.17, 15) is 18.0 Å². The van der Waals surface area contributed by atoms with Crippen molar-refractivity contribution < 1.29 is 18.0 Å². The van der Waals surface area contributed by atoms with Gasteiger partial charge in [-0.15, -0.1) is 0 Å². The van der Waals surface area contributed by atoms with Crippen LogP contribution in [0.2, 0.25) is 0 Å². The van der Waals surface area contributed by atoms with Gasteiger partial charge < -0.3 is 9.80 Å². The van der Waals surface area contributed by atoms with Crippen molar-refractivity contribution in [2.45, 2.75) is 58.0 Å². The molecule has 7 nitrogen and oxygen atoms in total. The lowest BCUT2D eigenvalue weighted by Gasteiger charge is -2.38. The summed E-state index contributed by atoms with van der Waals surface area (Å²) in [6, 6.07) is 5.92. The zero-order valence-electron chi connectivity index (χ0n) is 19.3. The maximum Gasteiger partial charge on any atom is 0.253 e. The van der Waals surface area contributed by atoms with Crippen molar-refractivity contribution in [2.24, 2.45) is 0 Å². The van der Waals surface area contributed by atoms with Gasteiger partial charge in [0.15, 0.2) is 9.84 Å². The van der Waals surface area contributed by atoms with Crippen molar-refractivity contribution >= 4 is 21.7 Å². The second kappa shape index (κ2) is 9.51. The molecule has 3 aliphatic rings. The third-order valence-corrected chi connectivity index (χ3v) is 8.85. The molecule has 1 unspecified atom stereocenters. The minimum atomic E-state index is -3.04. The van der Waals surface area contributed by atoms with Gasteiger partial charge in [-0.2, -0.15) is 0 Å². The van der Waals surface area contributed by atoms with Gasteiger partial charge in [0, 0.05) is 43.8 Å². The number of piperazine rings is 1. The van der Waals surface area contributed by atoms with Crippen LogP contribution in [0.4, 0.5) is 0 Å². The van der Waals surface area contributed by atoms with Gasteiger partial charge in [0.1, 0.15) is 0 Å². The molecule has 1 aromatic rings. The number of benzene rings is 1. The van der Waals surface area contributed by atoms with E-state index in [-0.39, 0.29) is 35.4 Å². The minimum Gasteiger partial charge on any atom is -0.336 e. The van der Waals surface area contributed by atoms with Gasteiger partial charge in [-0.3, -0.25) is 14.5 Å². The van der Waals surface area contributed by atoms with Crippen molar-refractivity contribution in [2.75, 3.05) is 44.2 Å². The van der Waals surface area contributed by atoms with Crippen molar-refractivity contribution in [3.63, 3.8) is 0 Å². The first-order valence-corrected chi connectivity index (χ1v) is 13.7. The summed E-state index contributed by atoms with van der Waals surface area (Å²) in [5.74, 6) is 0.389. The van der Waals surface area contributed by atoms with Crippen molar-refractivity contribution in [3.05, 3.63) is 34.9 Å². The van der Waals surface area contributed by atoms with Gasteiger partial charge in [0.25, 0.3) is 5.91 Å². The highest BCUT2D eigenvalue weighted by Crippen LogP contribution is 2.29. The molecule has 3 fully saturated rings. The SMILES string of the molecule is Cc1cc(C)cc(C(=O)N2CCN(CC(=O)N(C3CCCC3)C3CCS(=O)(=O)C3)CC2)c1. The predicted octanol–water partition coefficient (Wildman–Crippen LogP) is 2.02. The number of rotatable bonds is 5. The van der Waals surface area contributed by atoms with Gasteiger partial charge in [0.05, 0.1) is 18.1 Å². The summed E-state index contributed by atoms with van der Waals surface area (Å²) in [6.45, 7) is 6.81. The van der Waals surface area contributed by atoms with Crippen LogP contribution >= 0.6 is 0 Å². The fourth-order valence-corrected chi connectivity index (χ4v) is 7.26. The minimum absolute atomic E-state index is 0.0477. The fraction of sp³-hybridized carbons (Fsp3) is 0.667. The molecule has 32 heavy (non-hydrogen) atoms. The number of nitrogens with zero attached hydrogens (tertiary/aromatic N) is 3. The van der Waals surface area contributed by atoms with Crippen LogP contribution < -0.4 is 0 Å². The Morgan fingerprint density at radius 1 is 0.938 bits per heavy atom. The average molecular weight is 462 g/mol. The van der Waals surface area contributed by atoms with Crippen LogP contribution in [0.1, 0.15) is 53.6 Å². The van der Waals surface area contributed by atoms with E-state index in [1.54, 1.807) is 0 Å². The molecular formula is C24H35N3O4S. The Morgan fingerprint density at radius 2 is 1.56 bits per heavy atom. The Hall–Kier alpha value is -1.93. The van der Waals surface area contributed by atoms with E-state index in [1.165, 1.54) is 0 Å². The monoisotopic (exact) mass is 461 g/mol. The van der Waals surface area contributed by atoms with Gasteiger partial charge in [0.2, 0.25) is 5.91 Å². The Labute approximate surface area is 191 Å². The van der Waals surface area contributed by atoms with E-state index in [0.29, 0.717) is 39.1 Å². The molecule has 1 saturated carbocycles. The summed E-state index contributed by atoms with van der Waals surface area (Å²) in [5, 5.41) is 0. The summed E-state index contributed by atoms with van der Waals surface area (Å²) < 4.78 is 24.1. The first-order valence-electron chi connectivity index (χ1n) is 11.8. The molecule has 2 amide bonds. The Balaban J connectivity index is 1.36. The molecular weight excluding hydrogens is 426 g/mol. The summed E-state index contributed by atoms with van der Waals surface area (Å²) in [6.07, 6.45) is 4.71. The Kier molecular flexibility index (Phi) is 6.91. The Bertz CT molecular complexity index is 943. The number of sulfone groups is 1. The van der Waals surface area contributed by atoms with E-state index < -0.39 is 9.84 Å². The maximum absolute atomic E-state index is 13.3. The number of carbonyl (C=O) groups is 2. The number of hydrogen-bond acceptors (Lipinski definition) is 5. The summed E-state index contributed by atoms with van der Waals surface area (Å²) >= 11 is 0. The van der Waals surface area contributed by atoms with Crippen molar-refractivity contribution in [1.82, 2.24) is 14.7 Å². The van der Waals surface area contributed by atoms with Crippen LogP contribution in [-0.4, -0.2) is 91.2 Å². The lowest BCUT2D eigenvalue weighted by atomic mass is 10.1. The number of hydrogen-bond donors (Lipinski definition) is 0. The highest BCUT2D eigenvalue weighted by atomic mass is 32.2. The van der Waals surface area contributed by atoms with Crippen LogP contribution in [-0.2, 0) is 14.6 Å². The number of carbonyl (C=O) groups excluding carboxylic acids is 2. The largest absolute Gasteiger partial charge is 0.336 e. The molecule has 1 aromatic carbocycles. The van der Waals surface area contributed by atoms with E-state index in [1.807, 2.05) is 35.8 Å². The molecule has 1 atom stereocenters. The standard InChI is InChI=1S/C24H35N3O4S/c1-18-13-19(2)15-20(14-18)24(29)26-10-8-25(9-11-26)16-23(28)27(21-5-3-4-6-21)22-7-12-32(30,31)17-22/h13-15,21-22H,3-12,16-17H2,1-2H3. The molecule has 1 aliphatic carbocycles. The Morgan fingerprint density at radius 3 is 2.12 bits per heavy atom. The van der Waals surface area contributed by atoms with E-state index in [0.717, 1.165) is 42.4 Å². The van der Waals surface area contributed by atoms with Crippen molar-refractivity contribution in [1.29, 1.82) is 0 Å². The maximum atomic E-state index is 13.3. The summed E-state index contributed by atoms with van der Waals surface area (Å²) in [7, 11) is -3.04. The van der Waals surface area contributed by atoms with Crippen LogP contribution in [0, 0.1) is 13.8 Å². The predicted molar refractivity (Wildman–Crippen MR) is 124 cm³/mol. The summed E-state index contributed by atoms with van der Waals surface area (Å²) in [5.41, 5.74) is 2.89. The van der Waals surface area contributed by atoms with Crippen LogP contribution in [0.3, 0.4) is 0 Å². The van der Waals surface area contributed by atoms with Crippen molar-refractivity contribution in [3.8, 4) is 0 Å². The number of amides is 2. The zero-order chi connectivity index (χ0) is 22.9. The second-order valence-electron chi connectivity index (χ2n) is 9.74. The molecule has 0 N–H and O–H groups in total. The molecule has 4 rings (SSSR count). The lowest BCUT2D eigenvalue weighted by Crippen LogP contribution is -2.54. The smallest absolute Gasteiger partial charge is 0.253 e. The molecule has 176 valence electrons. The molecule has 0 aromatic heterocycles. The quantitative estimate of drug-likeness (QED) is 0.670. The first-order chi connectivity index (χ1) is 15.2. The van der Waals surface area contributed by atoms with Gasteiger partial charge in [-0.25, -0.2) is 8.42 Å². The highest BCUT2D eigenvalue weighted by Gasteiger charge is 2.39. The molecule has 0 spiro atoms. The molecule has 0 radical (unpaired) electrons. The molecule has 8 heteroatoms. The lowest BCUT2D eigenvalue weighted by molar-refractivity contribution is -0.137. The van der Waals surface area contributed by atoms with Gasteiger partial charge in [-0.05, 0) is 45.2 Å². The van der Waals surface area contributed by atoms with Crippen LogP contribution in [0.15, 0.2) is 18.2 Å². The molecule has 0 bridgehead atoms. The highest BCUT2D eigenvalue weighted by molar-refractivity contribution is 7.91. The molecule has 2 heterocycles. The second-order valence-corrected chi connectivity index (χ2v) is 12.0. The normalized spacial score (nSPS) is 24.1. The third-order valence-electron chi connectivity index (χ3n) is 7.09. The van der Waals surface area contributed by atoms with Crippen LogP contribution in [0.5, 0.6) is 0 Å².